The second kappa shape index (κ2) is 7.00. The fourth-order valence-electron chi connectivity index (χ4n) is 2.41. The summed E-state index contributed by atoms with van der Waals surface area (Å²) in [6, 6.07) is 18.3. The first-order valence-electron chi connectivity index (χ1n) is 7.89. The molecular formula is C19H21N5. The number of aryl methyl sites for hydroxylation is 1. The van der Waals surface area contributed by atoms with Crippen molar-refractivity contribution in [3.8, 4) is 0 Å². The van der Waals surface area contributed by atoms with Gasteiger partial charge >= 0.3 is 0 Å². The summed E-state index contributed by atoms with van der Waals surface area (Å²) in [5.74, 6) is 1.22. The molecule has 0 fully saturated rings. The smallest absolute Gasteiger partial charge is 0.159 e. The zero-order chi connectivity index (χ0) is 16.9. The Morgan fingerprint density at radius 2 is 1.58 bits per heavy atom. The van der Waals surface area contributed by atoms with Crippen LogP contribution in [0.25, 0.3) is 0 Å². The normalized spacial score (nSPS) is 11.8. The summed E-state index contributed by atoms with van der Waals surface area (Å²) in [7, 11) is 0. The second-order valence-corrected chi connectivity index (χ2v) is 5.75. The Morgan fingerprint density at radius 1 is 0.917 bits per heavy atom. The maximum Gasteiger partial charge on any atom is 0.159 e. The van der Waals surface area contributed by atoms with Gasteiger partial charge in [0.15, 0.2) is 11.6 Å². The number of nitrogens with zero attached hydrogens (tertiary/aromatic N) is 2. The van der Waals surface area contributed by atoms with Crippen LogP contribution in [0.5, 0.6) is 0 Å². The summed E-state index contributed by atoms with van der Waals surface area (Å²) in [5.41, 5.74) is 10.1. The molecule has 0 amide bonds. The summed E-state index contributed by atoms with van der Waals surface area (Å²) >= 11 is 0. The maximum absolute atomic E-state index is 6.24. The van der Waals surface area contributed by atoms with Gasteiger partial charge in [-0.25, -0.2) is 9.97 Å². The molecule has 0 aliphatic carbocycles. The van der Waals surface area contributed by atoms with E-state index in [0.29, 0.717) is 17.3 Å². The Morgan fingerprint density at radius 3 is 2.29 bits per heavy atom. The first-order valence-corrected chi connectivity index (χ1v) is 7.89. The molecule has 0 bridgehead atoms. The van der Waals surface area contributed by atoms with Gasteiger partial charge in [-0.05, 0) is 31.5 Å². The largest absolute Gasteiger partial charge is 0.393 e. The van der Waals surface area contributed by atoms with Crippen molar-refractivity contribution in [1.82, 2.24) is 9.97 Å². The lowest BCUT2D eigenvalue weighted by molar-refractivity contribution is 0.873. The predicted molar refractivity (Wildman–Crippen MR) is 99.4 cm³/mol. The highest BCUT2D eigenvalue weighted by atomic mass is 15.1. The van der Waals surface area contributed by atoms with Crippen LogP contribution in [-0.2, 0) is 0 Å². The fraction of sp³-hybridized carbons (Fsp3) is 0.158. The lowest BCUT2D eigenvalue weighted by atomic mass is 10.1. The van der Waals surface area contributed by atoms with E-state index in [-0.39, 0.29) is 6.04 Å². The third-order valence-electron chi connectivity index (χ3n) is 3.85. The Labute approximate surface area is 142 Å². The number of aromatic nitrogens is 2. The zero-order valence-corrected chi connectivity index (χ0v) is 13.8. The van der Waals surface area contributed by atoms with E-state index in [1.807, 2.05) is 42.5 Å². The number of benzene rings is 2. The highest BCUT2D eigenvalue weighted by Gasteiger charge is 2.12. The number of nitrogens with one attached hydrogen (secondary N) is 2. The monoisotopic (exact) mass is 319 g/mol. The van der Waals surface area contributed by atoms with Crippen molar-refractivity contribution in [2.75, 3.05) is 16.4 Å². The van der Waals surface area contributed by atoms with Crippen molar-refractivity contribution in [2.45, 2.75) is 19.9 Å². The van der Waals surface area contributed by atoms with Gasteiger partial charge in [0.2, 0.25) is 0 Å². The van der Waals surface area contributed by atoms with E-state index in [1.165, 1.54) is 17.5 Å². The van der Waals surface area contributed by atoms with Gasteiger partial charge in [-0.2, -0.15) is 0 Å². The molecule has 0 radical (unpaired) electrons. The molecule has 0 saturated carbocycles. The van der Waals surface area contributed by atoms with E-state index in [0.717, 1.165) is 5.69 Å². The van der Waals surface area contributed by atoms with Crippen LogP contribution in [0, 0.1) is 6.92 Å². The maximum atomic E-state index is 6.24. The van der Waals surface area contributed by atoms with Crippen molar-refractivity contribution in [3.05, 3.63) is 72.1 Å². The van der Waals surface area contributed by atoms with Gasteiger partial charge in [-0.1, -0.05) is 48.0 Å². The topological polar surface area (TPSA) is 75.9 Å². The van der Waals surface area contributed by atoms with Crippen molar-refractivity contribution in [2.24, 2.45) is 0 Å². The van der Waals surface area contributed by atoms with Gasteiger partial charge in [0, 0.05) is 5.69 Å². The molecule has 0 aliphatic heterocycles. The lowest BCUT2D eigenvalue weighted by Crippen LogP contribution is -2.11. The second-order valence-electron chi connectivity index (χ2n) is 5.75. The lowest BCUT2D eigenvalue weighted by Gasteiger charge is -2.17. The minimum Gasteiger partial charge on any atom is -0.393 e. The summed E-state index contributed by atoms with van der Waals surface area (Å²) in [6.45, 7) is 4.12. The van der Waals surface area contributed by atoms with Gasteiger partial charge in [0.05, 0.1) is 6.04 Å². The minimum atomic E-state index is 0.0932. The number of rotatable bonds is 5. The predicted octanol–water partition coefficient (Wildman–Crippen LogP) is 4.28. The molecule has 3 aromatic rings. The zero-order valence-electron chi connectivity index (χ0n) is 13.8. The molecule has 24 heavy (non-hydrogen) atoms. The molecule has 0 spiro atoms. The van der Waals surface area contributed by atoms with Crippen LogP contribution in [0.2, 0.25) is 0 Å². The average molecular weight is 319 g/mol. The van der Waals surface area contributed by atoms with Gasteiger partial charge in [0.25, 0.3) is 0 Å². The van der Waals surface area contributed by atoms with E-state index in [1.54, 1.807) is 0 Å². The van der Waals surface area contributed by atoms with Crippen LogP contribution in [0.15, 0.2) is 60.9 Å². The van der Waals surface area contributed by atoms with Crippen molar-refractivity contribution >= 4 is 23.0 Å². The summed E-state index contributed by atoms with van der Waals surface area (Å²) in [5, 5.41) is 6.58. The van der Waals surface area contributed by atoms with Crippen molar-refractivity contribution in [3.63, 3.8) is 0 Å². The van der Waals surface area contributed by atoms with E-state index in [9.17, 15) is 0 Å². The SMILES string of the molecule is Cc1ccc(Nc2ncnc(NC(C)c3ccccc3)c2N)cc1. The van der Waals surface area contributed by atoms with E-state index in [4.69, 9.17) is 5.73 Å². The molecule has 5 heteroatoms. The number of hydrogen-bond acceptors (Lipinski definition) is 5. The van der Waals surface area contributed by atoms with Crippen molar-refractivity contribution < 1.29 is 0 Å². The molecule has 5 nitrogen and oxygen atoms in total. The van der Waals surface area contributed by atoms with Gasteiger partial charge in [0.1, 0.15) is 12.0 Å². The van der Waals surface area contributed by atoms with Crippen LogP contribution in [0.1, 0.15) is 24.1 Å². The fourth-order valence-corrected chi connectivity index (χ4v) is 2.41. The molecular weight excluding hydrogens is 298 g/mol. The van der Waals surface area contributed by atoms with Crippen LogP contribution < -0.4 is 16.4 Å². The number of hydrogen-bond donors (Lipinski definition) is 3. The van der Waals surface area contributed by atoms with E-state index < -0.39 is 0 Å². The molecule has 1 aromatic heterocycles. The molecule has 122 valence electrons. The van der Waals surface area contributed by atoms with Crippen LogP contribution in [0.4, 0.5) is 23.0 Å². The number of nitrogen functional groups attached to an aromatic ring is 1. The molecule has 1 atom stereocenters. The first-order chi connectivity index (χ1) is 11.6. The number of anilines is 4. The third-order valence-corrected chi connectivity index (χ3v) is 3.85. The minimum absolute atomic E-state index is 0.0932. The van der Waals surface area contributed by atoms with E-state index >= 15 is 0 Å². The summed E-state index contributed by atoms with van der Waals surface area (Å²) in [6.07, 6.45) is 1.51. The summed E-state index contributed by atoms with van der Waals surface area (Å²) < 4.78 is 0. The molecule has 2 aromatic carbocycles. The van der Waals surface area contributed by atoms with Crippen LogP contribution in [0.3, 0.4) is 0 Å². The standard InChI is InChI=1S/C19H21N5/c1-13-8-10-16(11-9-13)24-19-17(20)18(21-12-22-19)23-14(2)15-6-4-3-5-7-15/h3-12,14H,20H2,1-2H3,(H2,21,22,23,24). The molecule has 4 N–H and O–H groups in total. The molecule has 0 aliphatic rings. The van der Waals surface area contributed by atoms with Gasteiger partial charge < -0.3 is 16.4 Å². The van der Waals surface area contributed by atoms with Gasteiger partial charge in [-0.15, -0.1) is 0 Å². The average Bonchev–Trinajstić information content (AvgIpc) is 2.61. The molecule has 0 saturated heterocycles. The van der Waals surface area contributed by atoms with Gasteiger partial charge in [-0.3, -0.25) is 0 Å². The van der Waals surface area contributed by atoms with E-state index in [2.05, 4.69) is 46.6 Å². The highest BCUT2D eigenvalue weighted by molar-refractivity contribution is 5.77. The Balaban J connectivity index is 1.79. The Kier molecular flexibility index (Phi) is 4.61. The van der Waals surface area contributed by atoms with Crippen molar-refractivity contribution in [1.29, 1.82) is 0 Å². The molecule has 3 rings (SSSR count). The third kappa shape index (κ3) is 3.63. The van der Waals surface area contributed by atoms with Crippen LogP contribution >= 0.6 is 0 Å². The Hall–Kier alpha value is -3.08. The van der Waals surface area contributed by atoms with Crippen LogP contribution in [-0.4, -0.2) is 9.97 Å². The summed E-state index contributed by atoms with van der Waals surface area (Å²) in [4.78, 5) is 8.52. The highest BCUT2D eigenvalue weighted by Crippen LogP contribution is 2.28. The first kappa shape index (κ1) is 15.8. The molecule has 1 unspecified atom stereocenters. The quantitative estimate of drug-likeness (QED) is 0.654. The molecule has 1 heterocycles. The number of nitrogens with two attached hydrogens (primary N) is 1. The Bertz CT molecular complexity index is 800.